The van der Waals surface area contributed by atoms with E-state index in [1.807, 2.05) is 0 Å². The maximum atomic E-state index is 12.2. The van der Waals surface area contributed by atoms with Crippen LogP contribution in [-0.4, -0.2) is 48.3 Å². The number of nitrogens with one attached hydrogen (secondary N) is 1. The Morgan fingerprint density at radius 1 is 1.48 bits per heavy atom. The number of hydrogen-bond donors (Lipinski definition) is 2. The topological polar surface area (TPSA) is 78.9 Å². The number of carboxylic acid groups (broad SMARTS) is 1. The Morgan fingerprint density at radius 3 is 2.86 bits per heavy atom. The van der Waals surface area contributed by atoms with Crippen molar-refractivity contribution in [3.8, 4) is 0 Å². The number of methoxy groups -OCH3 is 1. The molecular weight excluding hydrogens is 340 g/mol. The monoisotopic (exact) mass is 356 g/mol. The first-order valence-corrected chi connectivity index (χ1v) is 7.42. The fraction of sp³-hybridized carbons (Fsp3) is 0.429. The van der Waals surface area contributed by atoms with Crippen molar-refractivity contribution in [1.29, 1.82) is 0 Å². The Hall–Kier alpha value is -1.60. The molecule has 114 valence electrons. The van der Waals surface area contributed by atoms with Crippen LogP contribution in [-0.2, 0) is 4.74 Å². The Morgan fingerprint density at radius 2 is 2.24 bits per heavy atom. The molecule has 0 aliphatic carbocycles. The molecule has 7 heteroatoms. The lowest BCUT2D eigenvalue weighted by molar-refractivity contribution is 0.0458. The van der Waals surface area contributed by atoms with Crippen molar-refractivity contribution in [2.45, 2.75) is 18.9 Å². The molecule has 1 unspecified atom stereocenters. The highest BCUT2D eigenvalue weighted by Gasteiger charge is 2.23. The second-order valence-electron chi connectivity index (χ2n) is 4.88. The second-order valence-corrected chi connectivity index (χ2v) is 5.73. The molecule has 1 aliphatic rings. The zero-order valence-corrected chi connectivity index (χ0v) is 13.2. The summed E-state index contributed by atoms with van der Waals surface area (Å²) in [7, 11) is 1.65. The minimum absolute atomic E-state index is 0.0716. The number of anilines is 1. The molecule has 1 heterocycles. The first kappa shape index (κ1) is 15.8. The Labute approximate surface area is 131 Å². The molecule has 1 saturated heterocycles. The van der Waals surface area contributed by atoms with Crippen LogP contribution in [0.1, 0.15) is 23.2 Å². The van der Waals surface area contributed by atoms with Crippen LogP contribution in [0.25, 0.3) is 0 Å². The van der Waals surface area contributed by atoms with Gasteiger partial charge in [-0.25, -0.2) is 9.59 Å². The molecule has 2 rings (SSSR count). The Bertz CT molecular complexity index is 550. The molecule has 1 atom stereocenters. The number of piperidine rings is 1. The van der Waals surface area contributed by atoms with Gasteiger partial charge in [0.15, 0.2) is 0 Å². The van der Waals surface area contributed by atoms with Gasteiger partial charge in [0.25, 0.3) is 0 Å². The van der Waals surface area contributed by atoms with E-state index in [0.29, 0.717) is 23.2 Å². The van der Waals surface area contributed by atoms with E-state index in [-0.39, 0.29) is 17.7 Å². The van der Waals surface area contributed by atoms with Crippen LogP contribution in [0.2, 0.25) is 0 Å². The number of ether oxygens (including phenoxy) is 1. The number of carbonyl (C=O) groups is 2. The van der Waals surface area contributed by atoms with Gasteiger partial charge < -0.3 is 20.1 Å². The van der Waals surface area contributed by atoms with Gasteiger partial charge in [0.1, 0.15) is 0 Å². The molecular formula is C14H17BrN2O4. The predicted molar refractivity (Wildman–Crippen MR) is 81.7 cm³/mol. The summed E-state index contributed by atoms with van der Waals surface area (Å²) in [4.78, 5) is 24.8. The van der Waals surface area contributed by atoms with Crippen molar-refractivity contribution in [3.63, 3.8) is 0 Å². The number of nitrogens with zero attached hydrogens (tertiary/aromatic N) is 1. The van der Waals surface area contributed by atoms with Gasteiger partial charge >= 0.3 is 12.0 Å². The number of rotatable bonds is 3. The van der Waals surface area contributed by atoms with Crippen molar-refractivity contribution < 1.29 is 19.4 Å². The third kappa shape index (κ3) is 3.95. The van der Waals surface area contributed by atoms with Crippen LogP contribution in [0.3, 0.4) is 0 Å². The summed E-state index contributed by atoms with van der Waals surface area (Å²) < 4.78 is 5.83. The summed E-state index contributed by atoms with van der Waals surface area (Å²) in [6.07, 6.45) is 1.94. The maximum absolute atomic E-state index is 12.2. The molecule has 1 aromatic rings. The smallest absolute Gasteiger partial charge is 0.335 e. The molecule has 6 nitrogen and oxygen atoms in total. The summed E-state index contributed by atoms with van der Waals surface area (Å²) in [5.41, 5.74) is 0.710. The zero-order chi connectivity index (χ0) is 15.4. The van der Waals surface area contributed by atoms with Crippen molar-refractivity contribution in [2.75, 3.05) is 25.5 Å². The fourth-order valence-corrected chi connectivity index (χ4v) is 2.74. The van der Waals surface area contributed by atoms with E-state index in [4.69, 9.17) is 9.84 Å². The number of hydrogen-bond acceptors (Lipinski definition) is 3. The molecule has 2 amide bonds. The van der Waals surface area contributed by atoms with E-state index in [9.17, 15) is 9.59 Å². The summed E-state index contributed by atoms with van der Waals surface area (Å²) in [5.74, 6) is -1.01. The molecule has 0 aromatic heterocycles. The van der Waals surface area contributed by atoms with Gasteiger partial charge in [0.2, 0.25) is 0 Å². The van der Waals surface area contributed by atoms with Gasteiger partial charge in [-0.3, -0.25) is 0 Å². The Kier molecular flexibility index (Phi) is 5.19. The Balaban J connectivity index is 2.04. The molecule has 0 bridgehead atoms. The van der Waals surface area contributed by atoms with Crippen LogP contribution < -0.4 is 5.32 Å². The molecule has 1 fully saturated rings. The van der Waals surface area contributed by atoms with Crippen LogP contribution in [0.5, 0.6) is 0 Å². The average molecular weight is 357 g/mol. The fourth-order valence-electron chi connectivity index (χ4n) is 2.26. The molecule has 1 aliphatic heterocycles. The quantitative estimate of drug-likeness (QED) is 0.872. The standard InChI is InChI=1S/C14H17BrN2O4/c1-21-10-3-2-6-17(8-10)14(20)16-12-5-4-9(13(18)19)7-11(12)15/h4-5,7,10H,2-3,6,8H2,1H3,(H,16,20)(H,18,19). The number of carbonyl (C=O) groups excluding carboxylic acids is 1. The van der Waals surface area contributed by atoms with Crippen LogP contribution in [0.4, 0.5) is 10.5 Å². The minimum Gasteiger partial charge on any atom is -0.478 e. The van der Waals surface area contributed by atoms with Gasteiger partial charge in [0.05, 0.1) is 17.4 Å². The normalized spacial score (nSPS) is 18.4. The molecule has 0 saturated carbocycles. The van der Waals surface area contributed by atoms with Crippen molar-refractivity contribution in [1.82, 2.24) is 4.90 Å². The van der Waals surface area contributed by atoms with Crippen molar-refractivity contribution in [2.24, 2.45) is 0 Å². The number of likely N-dealkylation sites (tertiary alicyclic amines) is 1. The number of benzene rings is 1. The van der Waals surface area contributed by atoms with E-state index >= 15 is 0 Å². The average Bonchev–Trinajstić information content (AvgIpc) is 2.49. The third-order valence-electron chi connectivity index (χ3n) is 3.46. The summed E-state index contributed by atoms with van der Waals surface area (Å²) in [6.45, 7) is 1.25. The highest BCUT2D eigenvalue weighted by atomic mass is 79.9. The predicted octanol–water partition coefficient (Wildman–Crippen LogP) is 2.79. The number of halogens is 1. The number of urea groups is 1. The first-order chi connectivity index (χ1) is 10.0. The van der Waals surface area contributed by atoms with E-state index in [1.54, 1.807) is 18.1 Å². The van der Waals surface area contributed by atoms with Crippen molar-refractivity contribution in [3.05, 3.63) is 28.2 Å². The highest BCUT2D eigenvalue weighted by molar-refractivity contribution is 9.10. The lowest BCUT2D eigenvalue weighted by atomic mass is 10.1. The van der Waals surface area contributed by atoms with Gasteiger partial charge in [-0.1, -0.05) is 0 Å². The zero-order valence-electron chi connectivity index (χ0n) is 11.6. The maximum Gasteiger partial charge on any atom is 0.335 e. The van der Waals surface area contributed by atoms with Gasteiger partial charge in [0, 0.05) is 24.7 Å². The van der Waals surface area contributed by atoms with E-state index in [1.165, 1.54) is 12.1 Å². The third-order valence-corrected chi connectivity index (χ3v) is 4.11. The summed E-state index contributed by atoms with van der Waals surface area (Å²) in [6, 6.07) is 4.28. The molecule has 0 spiro atoms. The van der Waals surface area contributed by atoms with Crippen molar-refractivity contribution >= 4 is 33.6 Å². The molecule has 0 radical (unpaired) electrons. The first-order valence-electron chi connectivity index (χ1n) is 6.63. The second kappa shape index (κ2) is 6.91. The lowest BCUT2D eigenvalue weighted by Gasteiger charge is -2.32. The van der Waals surface area contributed by atoms with E-state index in [2.05, 4.69) is 21.2 Å². The van der Waals surface area contributed by atoms with Gasteiger partial charge in [-0.15, -0.1) is 0 Å². The van der Waals surface area contributed by atoms with E-state index < -0.39 is 5.97 Å². The minimum atomic E-state index is -1.01. The molecule has 1 aromatic carbocycles. The molecule has 2 N–H and O–H groups in total. The largest absolute Gasteiger partial charge is 0.478 e. The van der Waals surface area contributed by atoms with Gasteiger partial charge in [-0.2, -0.15) is 0 Å². The molecule has 21 heavy (non-hydrogen) atoms. The van der Waals surface area contributed by atoms with E-state index in [0.717, 1.165) is 12.8 Å². The van der Waals surface area contributed by atoms with Crippen LogP contribution in [0, 0.1) is 0 Å². The number of aromatic carboxylic acids is 1. The highest BCUT2D eigenvalue weighted by Crippen LogP contribution is 2.24. The number of carboxylic acids is 1. The number of amides is 2. The lowest BCUT2D eigenvalue weighted by Crippen LogP contribution is -2.44. The SMILES string of the molecule is COC1CCCN(C(=O)Nc2ccc(C(=O)O)cc2Br)C1. The van der Waals surface area contributed by atoms with Gasteiger partial charge in [-0.05, 0) is 47.0 Å². The summed E-state index contributed by atoms with van der Waals surface area (Å²) >= 11 is 3.27. The summed E-state index contributed by atoms with van der Waals surface area (Å²) in [5, 5.41) is 11.7. The van der Waals surface area contributed by atoms with Crippen LogP contribution in [0.15, 0.2) is 22.7 Å². The van der Waals surface area contributed by atoms with Crippen LogP contribution >= 0.6 is 15.9 Å².